The molecule has 38 heavy (non-hydrogen) atoms. The smallest absolute Gasteiger partial charge is 0.475 e. The van der Waals surface area contributed by atoms with Gasteiger partial charge in [0.25, 0.3) is 5.91 Å². The molecular formula is C25H28F3N7O3. The summed E-state index contributed by atoms with van der Waals surface area (Å²) in [5, 5.41) is 19.2. The maximum Gasteiger partial charge on any atom is 0.490 e. The average molecular weight is 532 g/mol. The number of imidazole rings is 1. The normalized spacial score (nSPS) is 13.9. The number of benzene rings is 2. The Morgan fingerprint density at radius 3 is 2.37 bits per heavy atom. The molecule has 0 atom stereocenters. The third-order valence-corrected chi connectivity index (χ3v) is 6.37. The van der Waals surface area contributed by atoms with Crippen molar-refractivity contribution in [3.63, 3.8) is 0 Å². The molecule has 13 heteroatoms. The van der Waals surface area contributed by atoms with Crippen molar-refractivity contribution < 1.29 is 27.9 Å². The van der Waals surface area contributed by atoms with E-state index in [2.05, 4.69) is 25.6 Å². The number of halogens is 3. The lowest BCUT2D eigenvalue weighted by Gasteiger charge is -2.30. The lowest BCUT2D eigenvalue weighted by molar-refractivity contribution is -0.192. The summed E-state index contributed by atoms with van der Waals surface area (Å²) in [5.74, 6) is -1.97. The zero-order valence-electron chi connectivity index (χ0n) is 21.3. The number of carbonyl (C=O) groups is 2. The van der Waals surface area contributed by atoms with Crippen LogP contribution in [0.3, 0.4) is 0 Å². The molecule has 3 heterocycles. The Bertz CT molecular complexity index is 1520. The number of hydrogen-bond donors (Lipinski definition) is 3. The first-order chi connectivity index (χ1) is 17.9. The fourth-order valence-electron chi connectivity index (χ4n) is 4.41. The SMILES string of the molecule is Cc1cc(NC(=O)c2ccc(N3CCNCC3)c3cn(C)nc23)cc2c1nc(C)n2C.O=C(O)C(F)(F)F. The third kappa shape index (κ3) is 5.42. The standard InChI is InChI=1S/C23H27N7O.C2HF3O2/c1-14-11-16(12-20-21(14)25-15(2)29(20)4)26-23(31)17-5-6-19(30-9-7-24-8-10-30)18-13-28(3)27-22(17)18;3-2(4,5)1(6)7/h5-6,11-13,24H,7-10H2,1-4H3,(H,26,31);(H,6,7). The van der Waals surface area contributed by atoms with Gasteiger partial charge < -0.3 is 25.2 Å². The number of carbonyl (C=O) groups excluding carboxylic acids is 1. The number of amides is 1. The number of aryl methyl sites for hydroxylation is 4. The van der Waals surface area contributed by atoms with Gasteiger partial charge in [0.15, 0.2) is 0 Å². The Balaban J connectivity index is 0.000000426. The molecule has 1 aliphatic heterocycles. The van der Waals surface area contributed by atoms with Gasteiger partial charge in [0.2, 0.25) is 0 Å². The number of nitrogens with one attached hydrogen (secondary N) is 2. The fourth-order valence-corrected chi connectivity index (χ4v) is 4.41. The van der Waals surface area contributed by atoms with Gasteiger partial charge in [-0.05, 0) is 43.7 Å². The number of carboxylic acid groups (broad SMARTS) is 1. The van der Waals surface area contributed by atoms with Gasteiger partial charge in [-0.15, -0.1) is 0 Å². The van der Waals surface area contributed by atoms with Gasteiger partial charge in [-0.2, -0.15) is 18.3 Å². The van der Waals surface area contributed by atoms with Gasteiger partial charge in [0.05, 0.1) is 16.6 Å². The molecule has 0 bridgehead atoms. The van der Waals surface area contributed by atoms with E-state index >= 15 is 0 Å². The van der Waals surface area contributed by atoms with Gasteiger partial charge in [0, 0.05) is 63.2 Å². The van der Waals surface area contributed by atoms with Crippen molar-refractivity contribution in [3.05, 3.63) is 47.4 Å². The zero-order valence-corrected chi connectivity index (χ0v) is 21.3. The van der Waals surface area contributed by atoms with Crippen LogP contribution in [0.5, 0.6) is 0 Å². The van der Waals surface area contributed by atoms with Crippen molar-refractivity contribution in [1.29, 1.82) is 0 Å². The Morgan fingerprint density at radius 1 is 1.08 bits per heavy atom. The monoisotopic (exact) mass is 531 g/mol. The molecule has 0 aliphatic carbocycles. The number of piperazine rings is 1. The van der Waals surface area contributed by atoms with Gasteiger partial charge >= 0.3 is 12.1 Å². The predicted molar refractivity (Wildman–Crippen MR) is 138 cm³/mol. The summed E-state index contributed by atoms with van der Waals surface area (Å²) in [4.78, 5) is 29.1. The predicted octanol–water partition coefficient (Wildman–Crippen LogP) is 3.37. The summed E-state index contributed by atoms with van der Waals surface area (Å²) < 4.78 is 35.6. The van der Waals surface area contributed by atoms with Crippen molar-refractivity contribution in [3.8, 4) is 0 Å². The number of aliphatic carboxylic acids is 1. The zero-order chi connectivity index (χ0) is 27.8. The maximum atomic E-state index is 13.3. The van der Waals surface area contributed by atoms with Gasteiger partial charge in [-0.3, -0.25) is 9.48 Å². The van der Waals surface area contributed by atoms with Gasteiger partial charge in [0.1, 0.15) is 11.3 Å². The lowest BCUT2D eigenvalue weighted by atomic mass is 10.1. The molecule has 3 N–H and O–H groups in total. The average Bonchev–Trinajstić information content (AvgIpc) is 3.38. The van der Waals surface area contributed by atoms with Crippen molar-refractivity contribution >= 4 is 45.2 Å². The molecule has 0 spiro atoms. The summed E-state index contributed by atoms with van der Waals surface area (Å²) >= 11 is 0. The number of hydrogen-bond acceptors (Lipinski definition) is 6. The minimum absolute atomic E-state index is 0.159. The van der Waals surface area contributed by atoms with E-state index in [0.29, 0.717) is 5.56 Å². The molecule has 1 fully saturated rings. The summed E-state index contributed by atoms with van der Waals surface area (Å²) in [5.41, 5.74) is 6.19. The quantitative estimate of drug-likeness (QED) is 0.371. The highest BCUT2D eigenvalue weighted by Crippen LogP contribution is 2.30. The van der Waals surface area contributed by atoms with Crippen LogP contribution in [0.25, 0.3) is 21.9 Å². The summed E-state index contributed by atoms with van der Waals surface area (Å²) in [6, 6.07) is 7.88. The van der Waals surface area contributed by atoms with Gasteiger partial charge in [-0.25, -0.2) is 9.78 Å². The highest BCUT2D eigenvalue weighted by atomic mass is 19.4. The van der Waals surface area contributed by atoms with Crippen molar-refractivity contribution in [1.82, 2.24) is 24.6 Å². The topological polar surface area (TPSA) is 117 Å². The van der Waals surface area contributed by atoms with Crippen LogP contribution in [0.4, 0.5) is 24.5 Å². The second kappa shape index (κ2) is 10.3. The van der Waals surface area contributed by atoms with Crippen molar-refractivity contribution in [2.45, 2.75) is 20.0 Å². The largest absolute Gasteiger partial charge is 0.490 e. The van der Waals surface area contributed by atoms with Crippen molar-refractivity contribution in [2.24, 2.45) is 14.1 Å². The number of rotatable bonds is 3. The molecule has 202 valence electrons. The van der Waals surface area contributed by atoms with E-state index in [9.17, 15) is 18.0 Å². The molecule has 0 unspecified atom stereocenters. The summed E-state index contributed by atoms with van der Waals surface area (Å²) in [6.45, 7) is 7.80. The number of nitrogens with zero attached hydrogens (tertiary/aromatic N) is 5. The first kappa shape index (κ1) is 26.9. The van der Waals surface area contributed by atoms with Crippen LogP contribution in [-0.2, 0) is 18.9 Å². The molecule has 1 amide bonds. The Hall–Kier alpha value is -4.13. The van der Waals surface area contributed by atoms with Crippen molar-refractivity contribution in [2.75, 3.05) is 36.4 Å². The summed E-state index contributed by atoms with van der Waals surface area (Å²) in [7, 11) is 3.88. The third-order valence-electron chi connectivity index (χ3n) is 6.37. The lowest BCUT2D eigenvalue weighted by Crippen LogP contribution is -2.43. The van der Waals surface area contributed by atoms with E-state index in [4.69, 9.17) is 9.90 Å². The molecule has 1 aliphatic rings. The minimum Gasteiger partial charge on any atom is -0.475 e. The molecule has 2 aromatic heterocycles. The Labute approximate surface area is 216 Å². The number of alkyl halides is 3. The first-order valence-corrected chi connectivity index (χ1v) is 11.8. The fraction of sp³-hybridized carbons (Fsp3) is 0.360. The van der Waals surface area contributed by atoms with Crippen LogP contribution in [0, 0.1) is 13.8 Å². The van der Waals surface area contributed by atoms with Crippen LogP contribution >= 0.6 is 0 Å². The highest BCUT2D eigenvalue weighted by molar-refractivity contribution is 6.14. The molecule has 0 saturated carbocycles. The second-order valence-electron chi connectivity index (χ2n) is 9.07. The number of anilines is 2. The van der Waals surface area contributed by atoms with Crippen LogP contribution in [-0.4, -0.2) is 68.7 Å². The van der Waals surface area contributed by atoms with Crippen LogP contribution < -0.4 is 15.5 Å². The molecule has 4 aromatic rings. The van der Waals surface area contributed by atoms with Crippen LogP contribution in [0.2, 0.25) is 0 Å². The number of carboxylic acids is 1. The minimum atomic E-state index is -5.08. The first-order valence-electron chi connectivity index (χ1n) is 11.8. The summed E-state index contributed by atoms with van der Waals surface area (Å²) in [6.07, 6.45) is -3.09. The number of fused-ring (bicyclic) bond motifs is 2. The molecule has 2 aromatic carbocycles. The maximum absolute atomic E-state index is 13.3. The molecule has 5 rings (SSSR count). The van der Waals surface area contributed by atoms with Crippen LogP contribution in [0.15, 0.2) is 30.5 Å². The van der Waals surface area contributed by atoms with E-state index in [-0.39, 0.29) is 5.91 Å². The Kier molecular flexibility index (Phi) is 7.31. The van der Waals surface area contributed by atoms with Gasteiger partial charge in [-0.1, -0.05) is 0 Å². The molecule has 1 saturated heterocycles. The Morgan fingerprint density at radius 2 is 1.74 bits per heavy atom. The molecular weight excluding hydrogens is 503 g/mol. The van der Waals surface area contributed by atoms with E-state index < -0.39 is 12.1 Å². The number of aromatic nitrogens is 4. The van der Waals surface area contributed by atoms with E-state index in [1.807, 2.05) is 63.0 Å². The van der Waals surface area contributed by atoms with E-state index in [0.717, 1.165) is 70.9 Å². The van der Waals surface area contributed by atoms with Crippen LogP contribution in [0.1, 0.15) is 21.7 Å². The molecule has 10 nitrogen and oxygen atoms in total. The highest BCUT2D eigenvalue weighted by Gasteiger charge is 2.38. The van der Waals surface area contributed by atoms with E-state index in [1.54, 1.807) is 4.68 Å². The molecule has 0 radical (unpaired) electrons. The van der Waals surface area contributed by atoms with E-state index in [1.165, 1.54) is 0 Å². The second-order valence-corrected chi connectivity index (χ2v) is 9.07.